The molecule has 2 amide bonds. The van der Waals surface area contributed by atoms with E-state index < -0.39 is 0 Å². The van der Waals surface area contributed by atoms with Crippen LogP contribution in [-0.2, 0) is 4.79 Å². The van der Waals surface area contributed by atoms with Crippen molar-refractivity contribution in [2.24, 2.45) is 0 Å². The molecule has 0 saturated heterocycles. The number of likely N-dealkylation sites (N-methyl/N-ethyl adjacent to an activating group) is 1. The second-order valence-electron chi connectivity index (χ2n) is 5.04. The first kappa shape index (κ1) is 13.1. The summed E-state index contributed by atoms with van der Waals surface area (Å²) >= 11 is 1.50. The molecule has 1 aromatic carbocycles. The second kappa shape index (κ2) is 5.20. The number of rotatable bonds is 4. The average molecular weight is 289 g/mol. The number of aromatic nitrogens is 1. The van der Waals surface area contributed by atoms with Crippen molar-refractivity contribution in [3.8, 4) is 0 Å². The Balaban J connectivity index is 1.68. The van der Waals surface area contributed by atoms with Gasteiger partial charge in [-0.15, -0.1) is 11.3 Å². The summed E-state index contributed by atoms with van der Waals surface area (Å²) in [7, 11) is 1.64. The lowest BCUT2D eigenvalue weighted by Gasteiger charge is -2.16. The van der Waals surface area contributed by atoms with Crippen LogP contribution in [0, 0.1) is 0 Å². The monoisotopic (exact) mass is 289 g/mol. The summed E-state index contributed by atoms with van der Waals surface area (Å²) in [4.78, 5) is 29.6. The zero-order chi connectivity index (χ0) is 14.1. The highest BCUT2D eigenvalue weighted by Gasteiger charge is 2.24. The van der Waals surface area contributed by atoms with E-state index in [2.05, 4.69) is 10.3 Å². The molecule has 3 rings (SSSR count). The highest BCUT2D eigenvalue weighted by atomic mass is 32.1. The van der Waals surface area contributed by atoms with Crippen LogP contribution in [0.4, 0.5) is 0 Å². The van der Waals surface area contributed by atoms with Gasteiger partial charge < -0.3 is 10.2 Å². The smallest absolute Gasteiger partial charge is 0.254 e. The molecule has 20 heavy (non-hydrogen) atoms. The summed E-state index contributed by atoms with van der Waals surface area (Å²) in [6.07, 6.45) is 2.09. The zero-order valence-corrected chi connectivity index (χ0v) is 11.9. The van der Waals surface area contributed by atoms with Crippen molar-refractivity contribution in [1.29, 1.82) is 0 Å². The minimum absolute atomic E-state index is 0.0933. The first-order chi connectivity index (χ1) is 9.63. The van der Waals surface area contributed by atoms with Gasteiger partial charge in [0, 0.05) is 18.7 Å². The SMILES string of the molecule is CN(CC(=O)NC1CC1)C(=O)c1ccc2ncsc2c1. The van der Waals surface area contributed by atoms with Crippen molar-refractivity contribution >= 4 is 33.4 Å². The first-order valence-corrected chi connectivity index (χ1v) is 7.39. The van der Waals surface area contributed by atoms with Crippen molar-refractivity contribution in [2.45, 2.75) is 18.9 Å². The lowest BCUT2D eigenvalue weighted by molar-refractivity contribution is -0.121. The summed E-state index contributed by atoms with van der Waals surface area (Å²) in [5.74, 6) is -0.242. The summed E-state index contributed by atoms with van der Waals surface area (Å²) in [6, 6.07) is 5.72. The molecule has 0 bridgehead atoms. The topological polar surface area (TPSA) is 62.3 Å². The Hall–Kier alpha value is -1.95. The zero-order valence-electron chi connectivity index (χ0n) is 11.1. The third-order valence-corrected chi connectivity index (χ3v) is 4.04. The van der Waals surface area contributed by atoms with E-state index in [0.717, 1.165) is 23.1 Å². The number of thiazole rings is 1. The number of benzene rings is 1. The van der Waals surface area contributed by atoms with Gasteiger partial charge >= 0.3 is 0 Å². The predicted molar refractivity (Wildman–Crippen MR) is 77.7 cm³/mol. The number of fused-ring (bicyclic) bond motifs is 1. The number of nitrogens with one attached hydrogen (secondary N) is 1. The third kappa shape index (κ3) is 2.80. The molecule has 2 aromatic rings. The van der Waals surface area contributed by atoms with Crippen molar-refractivity contribution in [3.05, 3.63) is 29.3 Å². The van der Waals surface area contributed by atoms with Gasteiger partial charge in [-0.3, -0.25) is 9.59 Å². The molecule has 1 aliphatic carbocycles. The molecular weight excluding hydrogens is 274 g/mol. The van der Waals surface area contributed by atoms with E-state index in [1.807, 2.05) is 12.1 Å². The highest BCUT2D eigenvalue weighted by Crippen LogP contribution is 2.20. The molecule has 1 aliphatic rings. The van der Waals surface area contributed by atoms with Crippen LogP contribution < -0.4 is 5.32 Å². The minimum Gasteiger partial charge on any atom is -0.352 e. The van der Waals surface area contributed by atoms with Crippen LogP contribution in [0.3, 0.4) is 0 Å². The fourth-order valence-corrected chi connectivity index (χ4v) is 2.71. The number of carbonyl (C=O) groups excluding carboxylic acids is 2. The highest BCUT2D eigenvalue weighted by molar-refractivity contribution is 7.16. The van der Waals surface area contributed by atoms with Gasteiger partial charge in [-0.2, -0.15) is 0 Å². The molecule has 6 heteroatoms. The molecule has 0 atom stereocenters. The van der Waals surface area contributed by atoms with Crippen molar-refractivity contribution in [3.63, 3.8) is 0 Å². The Morgan fingerprint density at radius 3 is 3.00 bits per heavy atom. The summed E-state index contributed by atoms with van der Waals surface area (Å²) in [6.45, 7) is 0.0933. The molecule has 0 aliphatic heterocycles. The van der Waals surface area contributed by atoms with Crippen LogP contribution in [0.1, 0.15) is 23.2 Å². The van der Waals surface area contributed by atoms with Gasteiger partial charge in [-0.25, -0.2) is 4.98 Å². The van der Waals surface area contributed by atoms with E-state index in [0.29, 0.717) is 11.6 Å². The van der Waals surface area contributed by atoms with E-state index >= 15 is 0 Å². The van der Waals surface area contributed by atoms with Crippen LogP contribution in [0.25, 0.3) is 10.2 Å². The lowest BCUT2D eigenvalue weighted by atomic mass is 10.2. The maximum absolute atomic E-state index is 12.3. The lowest BCUT2D eigenvalue weighted by Crippen LogP contribution is -2.39. The quantitative estimate of drug-likeness (QED) is 0.931. The Morgan fingerprint density at radius 2 is 2.25 bits per heavy atom. The Morgan fingerprint density at radius 1 is 1.45 bits per heavy atom. The van der Waals surface area contributed by atoms with Crippen LogP contribution in [0.2, 0.25) is 0 Å². The van der Waals surface area contributed by atoms with E-state index in [9.17, 15) is 9.59 Å². The maximum Gasteiger partial charge on any atom is 0.254 e. The molecule has 1 saturated carbocycles. The van der Waals surface area contributed by atoms with Gasteiger partial charge in [-0.1, -0.05) is 0 Å². The van der Waals surface area contributed by atoms with Crippen molar-refractivity contribution < 1.29 is 9.59 Å². The largest absolute Gasteiger partial charge is 0.352 e. The second-order valence-corrected chi connectivity index (χ2v) is 5.92. The molecule has 0 unspecified atom stereocenters. The molecule has 1 N–H and O–H groups in total. The van der Waals surface area contributed by atoms with E-state index in [1.165, 1.54) is 16.2 Å². The number of hydrogen-bond donors (Lipinski definition) is 1. The van der Waals surface area contributed by atoms with Crippen LogP contribution in [0.5, 0.6) is 0 Å². The van der Waals surface area contributed by atoms with Crippen LogP contribution >= 0.6 is 11.3 Å². The predicted octanol–water partition coefficient (Wildman–Crippen LogP) is 1.65. The van der Waals surface area contributed by atoms with Crippen LogP contribution in [-0.4, -0.2) is 41.3 Å². The number of hydrogen-bond acceptors (Lipinski definition) is 4. The fourth-order valence-electron chi connectivity index (χ4n) is 2.00. The summed E-state index contributed by atoms with van der Waals surface area (Å²) in [5.41, 5.74) is 3.23. The van der Waals surface area contributed by atoms with Gasteiger partial charge in [0.15, 0.2) is 0 Å². The summed E-state index contributed by atoms with van der Waals surface area (Å²) in [5, 5.41) is 2.88. The van der Waals surface area contributed by atoms with Crippen molar-refractivity contribution in [2.75, 3.05) is 13.6 Å². The summed E-state index contributed by atoms with van der Waals surface area (Å²) < 4.78 is 0.978. The fraction of sp³-hybridized carbons (Fsp3) is 0.357. The Bertz CT molecular complexity index is 663. The molecule has 1 heterocycles. The van der Waals surface area contributed by atoms with Gasteiger partial charge in [0.2, 0.25) is 5.91 Å². The average Bonchev–Trinajstić information content (AvgIpc) is 3.11. The molecular formula is C14H15N3O2S. The van der Waals surface area contributed by atoms with E-state index in [4.69, 9.17) is 0 Å². The molecule has 0 spiro atoms. The Labute approximate surface area is 120 Å². The van der Waals surface area contributed by atoms with E-state index in [1.54, 1.807) is 18.6 Å². The normalized spacial score (nSPS) is 14.2. The molecule has 104 valence electrons. The first-order valence-electron chi connectivity index (χ1n) is 6.51. The molecule has 5 nitrogen and oxygen atoms in total. The van der Waals surface area contributed by atoms with Gasteiger partial charge in [0.05, 0.1) is 22.3 Å². The minimum atomic E-state index is -0.147. The van der Waals surface area contributed by atoms with Gasteiger partial charge in [0.1, 0.15) is 0 Å². The Kier molecular flexibility index (Phi) is 3.40. The van der Waals surface area contributed by atoms with Crippen molar-refractivity contribution in [1.82, 2.24) is 15.2 Å². The number of amides is 2. The molecule has 1 aromatic heterocycles. The number of carbonyl (C=O) groups is 2. The van der Waals surface area contributed by atoms with Crippen LogP contribution in [0.15, 0.2) is 23.7 Å². The maximum atomic E-state index is 12.3. The molecule has 0 radical (unpaired) electrons. The standard InChI is InChI=1S/C14H15N3O2S/c1-17(7-13(18)16-10-3-4-10)14(19)9-2-5-11-12(6-9)20-8-15-11/h2,5-6,8,10H,3-4,7H2,1H3,(H,16,18). The third-order valence-electron chi connectivity index (χ3n) is 3.25. The molecule has 1 fully saturated rings. The van der Waals surface area contributed by atoms with E-state index in [-0.39, 0.29) is 18.4 Å². The number of nitrogens with zero attached hydrogens (tertiary/aromatic N) is 2. The van der Waals surface area contributed by atoms with Gasteiger partial charge in [-0.05, 0) is 31.0 Å². The van der Waals surface area contributed by atoms with Gasteiger partial charge in [0.25, 0.3) is 5.91 Å².